The smallest absolute Gasteiger partial charge is 0.284 e. The third-order valence-electron chi connectivity index (χ3n) is 3.56. The lowest BCUT2D eigenvalue weighted by Gasteiger charge is -2.00. The molecule has 6 heteroatoms. The van der Waals surface area contributed by atoms with Gasteiger partial charge in [-0.1, -0.05) is 31.2 Å². The standard InChI is InChI=1S/C16H12N4O2/c1-2-11-3-5-12(6-4-11)16-14(9-17)19-10-13(20(21)22)7-8-15(19)18-16/h3-8,10H,2H2,1H3. The zero-order chi connectivity index (χ0) is 15.7. The van der Waals surface area contributed by atoms with E-state index in [-0.39, 0.29) is 5.69 Å². The summed E-state index contributed by atoms with van der Waals surface area (Å²) >= 11 is 0. The van der Waals surface area contributed by atoms with Gasteiger partial charge in [0.2, 0.25) is 0 Å². The molecule has 2 aromatic heterocycles. The fraction of sp³-hybridized carbons (Fsp3) is 0.125. The Morgan fingerprint density at radius 3 is 2.59 bits per heavy atom. The number of nitriles is 1. The zero-order valence-corrected chi connectivity index (χ0v) is 11.9. The van der Waals surface area contributed by atoms with Crippen molar-refractivity contribution in [1.29, 1.82) is 5.26 Å². The second-order valence-electron chi connectivity index (χ2n) is 4.84. The maximum atomic E-state index is 10.9. The number of fused-ring (bicyclic) bond motifs is 1. The molecule has 0 saturated carbocycles. The molecule has 0 aliphatic rings. The third-order valence-corrected chi connectivity index (χ3v) is 3.56. The van der Waals surface area contributed by atoms with Crippen LogP contribution in [0.3, 0.4) is 0 Å². The average Bonchev–Trinajstić information content (AvgIpc) is 2.92. The molecule has 108 valence electrons. The van der Waals surface area contributed by atoms with Crippen LogP contribution < -0.4 is 0 Å². The van der Waals surface area contributed by atoms with Gasteiger partial charge in [0.15, 0.2) is 5.69 Å². The molecule has 2 heterocycles. The summed E-state index contributed by atoms with van der Waals surface area (Å²) in [6, 6.07) is 12.8. The van der Waals surface area contributed by atoms with Crippen LogP contribution in [-0.2, 0) is 6.42 Å². The molecule has 0 aliphatic carbocycles. The summed E-state index contributed by atoms with van der Waals surface area (Å²) in [4.78, 5) is 14.8. The Labute approximate surface area is 126 Å². The number of imidazole rings is 1. The highest BCUT2D eigenvalue weighted by Crippen LogP contribution is 2.26. The number of hydrogen-bond donors (Lipinski definition) is 0. The summed E-state index contributed by atoms with van der Waals surface area (Å²) in [7, 11) is 0. The van der Waals surface area contributed by atoms with Crippen molar-refractivity contribution in [3.63, 3.8) is 0 Å². The van der Waals surface area contributed by atoms with Gasteiger partial charge in [0, 0.05) is 11.6 Å². The van der Waals surface area contributed by atoms with Crippen LogP contribution in [0.1, 0.15) is 18.2 Å². The predicted molar refractivity (Wildman–Crippen MR) is 81.4 cm³/mol. The number of pyridine rings is 1. The molecule has 3 aromatic rings. The molecule has 0 N–H and O–H groups in total. The number of rotatable bonds is 3. The largest absolute Gasteiger partial charge is 0.286 e. The summed E-state index contributed by atoms with van der Waals surface area (Å²) in [5, 5.41) is 20.3. The molecule has 0 fully saturated rings. The van der Waals surface area contributed by atoms with Crippen molar-refractivity contribution < 1.29 is 4.92 Å². The Hall–Kier alpha value is -3.20. The molecule has 0 radical (unpaired) electrons. The van der Waals surface area contributed by atoms with E-state index in [2.05, 4.69) is 18.0 Å². The van der Waals surface area contributed by atoms with Gasteiger partial charge < -0.3 is 0 Å². The fourth-order valence-electron chi connectivity index (χ4n) is 2.35. The van der Waals surface area contributed by atoms with Gasteiger partial charge in [0.05, 0.1) is 11.1 Å². The van der Waals surface area contributed by atoms with Crippen molar-refractivity contribution in [3.8, 4) is 17.3 Å². The van der Waals surface area contributed by atoms with Crippen LogP contribution in [-0.4, -0.2) is 14.3 Å². The van der Waals surface area contributed by atoms with Crippen LogP contribution in [0.25, 0.3) is 16.9 Å². The van der Waals surface area contributed by atoms with Gasteiger partial charge >= 0.3 is 0 Å². The molecule has 0 amide bonds. The number of aryl methyl sites for hydroxylation is 1. The molecule has 1 aromatic carbocycles. The van der Waals surface area contributed by atoms with Gasteiger partial charge in [-0.25, -0.2) is 4.98 Å². The van der Waals surface area contributed by atoms with E-state index in [1.807, 2.05) is 24.3 Å². The molecule has 0 atom stereocenters. The Morgan fingerprint density at radius 2 is 2.00 bits per heavy atom. The Kier molecular flexibility index (Phi) is 3.31. The van der Waals surface area contributed by atoms with Gasteiger partial charge in [-0.15, -0.1) is 0 Å². The van der Waals surface area contributed by atoms with Gasteiger partial charge in [0.25, 0.3) is 5.69 Å². The first-order valence-electron chi connectivity index (χ1n) is 6.80. The Balaban J connectivity index is 2.21. The van der Waals surface area contributed by atoms with Crippen LogP contribution in [0.2, 0.25) is 0 Å². The van der Waals surface area contributed by atoms with E-state index < -0.39 is 4.92 Å². The highest BCUT2D eigenvalue weighted by Gasteiger charge is 2.16. The van der Waals surface area contributed by atoms with Crippen LogP contribution in [0.5, 0.6) is 0 Å². The molecule has 0 spiro atoms. The summed E-state index contributed by atoms with van der Waals surface area (Å²) in [5.74, 6) is 0. The van der Waals surface area contributed by atoms with Crippen molar-refractivity contribution in [1.82, 2.24) is 9.38 Å². The van der Waals surface area contributed by atoms with Crippen molar-refractivity contribution >= 4 is 11.3 Å². The quantitative estimate of drug-likeness (QED) is 0.547. The molecule has 6 nitrogen and oxygen atoms in total. The summed E-state index contributed by atoms with van der Waals surface area (Å²) < 4.78 is 1.46. The minimum Gasteiger partial charge on any atom is -0.284 e. The first kappa shape index (κ1) is 13.8. The first-order valence-corrected chi connectivity index (χ1v) is 6.80. The summed E-state index contributed by atoms with van der Waals surface area (Å²) in [6.45, 7) is 2.07. The zero-order valence-electron chi connectivity index (χ0n) is 11.9. The Bertz CT molecular complexity index is 904. The van der Waals surface area contributed by atoms with Gasteiger partial charge in [0.1, 0.15) is 17.4 Å². The van der Waals surface area contributed by atoms with Crippen LogP contribution >= 0.6 is 0 Å². The van der Waals surface area contributed by atoms with E-state index in [1.165, 1.54) is 22.2 Å². The van der Waals surface area contributed by atoms with E-state index >= 15 is 0 Å². The van der Waals surface area contributed by atoms with E-state index in [9.17, 15) is 15.4 Å². The average molecular weight is 292 g/mol. The maximum absolute atomic E-state index is 10.9. The van der Waals surface area contributed by atoms with Crippen molar-refractivity contribution in [2.75, 3.05) is 0 Å². The van der Waals surface area contributed by atoms with Gasteiger partial charge in [-0.2, -0.15) is 5.26 Å². The third kappa shape index (κ3) is 2.19. The highest BCUT2D eigenvalue weighted by molar-refractivity contribution is 5.70. The topological polar surface area (TPSA) is 84.2 Å². The molecule has 0 aliphatic heterocycles. The molecule has 0 unspecified atom stereocenters. The maximum Gasteiger partial charge on any atom is 0.286 e. The molecular weight excluding hydrogens is 280 g/mol. The molecule has 3 rings (SSSR count). The monoisotopic (exact) mass is 292 g/mol. The molecule has 22 heavy (non-hydrogen) atoms. The molecule has 0 bridgehead atoms. The predicted octanol–water partition coefficient (Wildman–Crippen LogP) is 3.34. The van der Waals surface area contributed by atoms with Gasteiger partial charge in [-0.3, -0.25) is 14.5 Å². The number of aromatic nitrogens is 2. The number of benzene rings is 1. The number of nitrogens with zero attached hydrogens (tertiary/aromatic N) is 4. The second-order valence-corrected chi connectivity index (χ2v) is 4.84. The lowest BCUT2D eigenvalue weighted by atomic mass is 10.1. The van der Waals surface area contributed by atoms with E-state index in [4.69, 9.17) is 0 Å². The van der Waals surface area contributed by atoms with Gasteiger partial charge in [-0.05, 0) is 18.1 Å². The fourth-order valence-corrected chi connectivity index (χ4v) is 2.35. The minimum absolute atomic E-state index is 0.0747. The summed E-state index contributed by atoms with van der Waals surface area (Å²) in [6.07, 6.45) is 2.26. The van der Waals surface area contributed by atoms with Crippen molar-refractivity contribution in [3.05, 3.63) is 64.0 Å². The van der Waals surface area contributed by atoms with Crippen molar-refractivity contribution in [2.24, 2.45) is 0 Å². The van der Waals surface area contributed by atoms with Crippen molar-refractivity contribution in [2.45, 2.75) is 13.3 Å². The molecular formula is C16H12N4O2. The lowest BCUT2D eigenvalue weighted by molar-refractivity contribution is -0.385. The normalized spacial score (nSPS) is 10.5. The van der Waals surface area contributed by atoms with Crippen LogP contribution in [0.4, 0.5) is 5.69 Å². The lowest BCUT2D eigenvalue weighted by Crippen LogP contribution is -1.94. The van der Waals surface area contributed by atoms with E-state index in [0.29, 0.717) is 17.0 Å². The Morgan fingerprint density at radius 1 is 1.27 bits per heavy atom. The van der Waals surface area contributed by atoms with E-state index in [1.54, 1.807) is 6.07 Å². The number of hydrogen-bond acceptors (Lipinski definition) is 4. The molecule has 0 saturated heterocycles. The summed E-state index contributed by atoms with van der Waals surface area (Å²) in [5.41, 5.74) is 3.28. The second kappa shape index (κ2) is 5.30. The van der Waals surface area contributed by atoms with Crippen LogP contribution in [0, 0.1) is 21.4 Å². The highest BCUT2D eigenvalue weighted by atomic mass is 16.6. The SMILES string of the molecule is CCc1ccc(-c2nc3ccc([N+](=O)[O-])cn3c2C#N)cc1. The van der Waals surface area contributed by atoms with E-state index in [0.717, 1.165) is 12.0 Å². The number of nitro groups is 1. The van der Waals surface area contributed by atoms with Crippen LogP contribution in [0.15, 0.2) is 42.6 Å². The minimum atomic E-state index is -0.490. The first-order chi connectivity index (χ1) is 10.6.